The summed E-state index contributed by atoms with van der Waals surface area (Å²) in [7, 11) is 0. The van der Waals surface area contributed by atoms with E-state index in [-0.39, 0.29) is 5.54 Å². The van der Waals surface area contributed by atoms with Crippen molar-refractivity contribution in [3.63, 3.8) is 0 Å². The van der Waals surface area contributed by atoms with Gasteiger partial charge in [0.15, 0.2) is 0 Å². The molecule has 1 saturated carbocycles. The summed E-state index contributed by atoms with van der Waals surface area (Å²) < 4.78 is 1.12. The highest BCUT2D eigenvalue weighted by molar-refractivity contribution is 9.10. The maximum atomic E-state index is 4.51. The monoisotopic (exact) mass is 304 g/mol. The molecule has 0 radical (unpaired) electrons. The molecule has 1 N–H and O–H groups in total. The Morgan fingerprint density at radius 2 is 2.00 bits per heavy atom. The molecule has 0 bridgehead atoms. The molecule has 0 atom stereocenters. The second kappa shape index (κ2) is 4.23. The molecule has 3 rings (SSSR count). The number of pyridine rings is 1. The summed E-state index contributed by atoms with van der Waals surface area (Å²) >= 11 is 3.60. The first-order valence-electron chi connectivity index (χ1n) is 6.39. The van der Waals surface area contributed by atoms with Crippen LogP contribution >= 0.6 is 15.9 Å². The predicted molar refractivity (Wildman–Crippen MR) is 79.9 cm³/mol. The molecular weight excluding hydrogens is 288 g/mol. The first-order valence-corrected chi connectivity index (χ1v) is 7.18. The van der Waals surface area contributed by atoms with Gasteiger partial charge in [-0.1, -0.05) is 28.1 Å². The topological polar surface area (TPSA) is 24.9 Å². The van der Waals surface area contributed by atoms with E-state index in [2.05, 4.69) is 64.3 Å². The molecule has 0 unspecified atom stereocenters. The number of fused-ring (bicyclic) bond motifs is 1. The summed E-state index contributed by atoms with van der Waals surface area (Å²) in [5.41, 5.74) is 0.129. The van der Waals surface area contributed by atoms with E-state index in [1.165, 1.54) is 23.6 Å². The van der Waals surface area contributed by atoms with Crippen molar-refractivity contribution < 1.29 is 0 Å². The number of nitrogens with one attached hydrogen (secondary N) is 1. The van der Waals surface area contributed by atoms with Gasteiger partial charge in [0, 0.05) is 27.0 Å². The maximum Gasteiger partial charge on any atom is 0.134 e. The Bertz CT molecular complexity index is 588. The average Bonchev–Trinajstić information content (AvgIpc) is 3.14. The van der Waals surface area contributed by atoms with E-state index in [4.69, 9.17) is 0 Å². The second-order valence-electron chi connectivity index (χ2n) is 5.62. The van der Waals surface area contributed by atoms with Gasteiger partial charge in [-0.05, 0) is 44.7 Å². The second-order valence-corrected chi connectivity index (χ2v) is 6.47. The lowest BCUT2D eigenvalue weighted by Gasteiger charge is -2.27. The van der Waals surface area contributed by atoms with Gasteiger partial charge >= 0.3 is 0 Å². The van der Waals surface area contributed by atoms with Crippen molar-refractivity contribution in [2.24, 2.45) is 5.92 Å². The Balaban J connectivity index is 2.04. The van der Waals surface area contributed by atoms with Gasteiger partial charge in [0.2, 0.25) is 0 Å². The van der Waals surface area contributed by atoms with E-state index < -0.39 is 0 Å². The lowest BCUT2D eigenvalue weighted by Crippen LogP contribution is -2.33. The summed E-state index contributed by atoms with van der Waals surface area (Å²) in [5, 5.41) is 6.01. The van der Waals surface area contributed by atoms with Crippen molar-refractivity contribution >= 4 is 32.5 Å². The molecule has 0 spiro atoms. The number of benzene rings is 1. The molecular formula is C15H17BrN2. The van der Waals surface area contributed by atoms with Gasteiger partial charge < -0.3 is 5.32 Å². The van der Waals surface area contributed by atoms with Crippen LogP contribution in [0, 0.1) is 5.92 Å². The third-order valence-corrected chi connectivity index (χ3v) is 4.48. The third-order valence-electron chi connectivity index (χ3n) is 3.79. The number of anilines is 1. The van der Waals surface area contributed by atoms with Crippen molar-refractivity contribution in [1.82, 2.24) is 4.98 Å². The minimum atomic E-state index is 0.129. The fourth-order valence-corrected chi connectivity index (χ4v) is 2.98. The van der Waals surface area contributed by atoms with Crippen LogP contribution in [-0.4, -0.2) is 10.5 Å². The van der Waals surface area contributed by atoms with Crippen LogP contribution in [0.4, 0.5) is 5.82 Å². The lowest BCUT2D eigenvalue weighted by molar-refractivity contribution is 0.493. The Labute approximate surface area is 116 Å². The van der Waals surface area contributed by atoms with E-state index in [1.807, 2.05) is 6.20 Å². The molecule has 1 fully saturated rings. The first-order chi connectivity index (χ1) is 8.58. The Hall–Kier alpha value is -1.09. The maximum absolute atomic E-state index is 4.51. The normalized spacial score (nSPS) is 15.9. The zero-order chi connectivity index (χ0) is 12.8. The number of rotatable bonds is 3. The molecule has 18 heavy (non-hydrogen) atoms. The fraction of sp³-hybridized carbons (Fsp3) is 0.400. The van der Waals surface area contributed by atoms with Crippen molar-refractivity contribution in [3.8, 4) is 0 Å². The molecule has 2 aromatic rings. The Morgan fingerprint density at radius 1 is 1.22 bits per heavy atom. The Morgan fingerprint density at radius 3 is 2.72 bits per heavy atom. The molecule has 1 aliphatic rings. The standard InChI is InChI=1S/C15H17BrN2/c1-15(2,10-6-7-10)18-14-12-4-3-5-13(16)11(12)8-9-17-14/h3-5,8-10H,6-7H2,1-2H3,(H,17,18). The smallest absolute Gasteiger partial charge is 0.134 e. The quantitative estimate of drug-likeness (QED) is 0.896. The number of halogens is 1. The molecule has 2 nitrogen and oxygen atoms in total. The highest BCUT2D eigenvalue weighted by Gasteiger charge is 2.38. The van der Waals surface area contributed by atoms with E-state index in [1.54, 1.807) is 0 Å². The van der Waals surface area contributed by atoms with Crippen LogP contribution in [0.15, 0.2) is 34.9 Å². The number of hydrogen-bond acceptors (Lipinski definition) is 2. The summed E-state index contributed by atoms with van der Waals surface area (Å²) in [6.07, 6.45) is 4.53. The van der Waals surface area contributed by atoms with Crippen molar-refractivity contribution in [2.45, 2.75) is 32.2 Å². The molecule has 0 saturated heterocycles. The van der Waals surface area contributed by atoms with Gasteiger partial charge in [-0.25, -0.2) is 4.98 Å². The summed E-state index contributed by atoms with van der Waals surface area (Å²) in [6.45, 7) is 4.53. The van der Waals surface area contributed by atoms with Crippen molar-refractivity contribution in [3.05, 3.63) is 34.9 Å². The van der Waals surface area contributed by atoms with Gasteiger partial charge in [-0.3, -0.25) is 0 Å². The summed E-state index contributed by atoms with van der Waals surface area (Å²) in [4.78, 5) is 4.51. The van der Waals surface area contributed by atoms with Crippen molar-refractivity contribution in [1.29, 1.82) is 0 Å². The average molecular weight is 305 g/mol. The lowest BCUT2D eigenvalue weighted by atomic mass is 9.98. The summed E-state index contributed by atoms with van der Waals surface area (Å²) in [5.74, 6) is 1.77. The summed E-state index contributed by atoms with van der Waals surface area (Å²) in [6, 6.07) is 8.30. The predicted octanol–water partition coefficient (Wildman–Crippen LogP) is 4.60. The number of hydrogen-bond donors (Lipinski definition) is 1. The van der Waals surface area contributed by atoms with Crippen LogP contribution in [0.2, 0.25) is 0 Å². The molecule has 3 heteroatoms. The van der Waals surface area contributed by atoms with E-state index in [9.17, 15) is 0 Å². The van der Waals surface area contributed by atoms with E-state index in [0.29, 0.717) is 0 Å². The largest absolute Gasteiger partial charge is 0.364 e. The first kappa shape index (κ1) is 12.0. The van der Waals surface area contributed by atoms with Crippen LogP contribution in [0.3, 0.4) is 0 Å². The fourth-order valence-electron chi connectivity index (χ4n) is 2.48. The molecule has 1 aromatic heterocycles. The van der Waals surface area contributed by atoms with Crippen LogP contribution in [0.25, 0.3) is 10.8 Å². The van der Waals surface area contributed by atoms with E-state index in [0.717, 1.165) is 16.2 Å². The van der Waals surface area contributed by atoms with Crippen molar-refractivity contribution in [2.75, 3.05) is 5.32 Å². The van der Waals surface area contributed by atoms with Crippen LogP contribution in [0.1, 0.15) is 26.7 Å². The van der Waals surface area contributed by atoms with Gasteiger partial charge in [-0.2, -0.15) is 0 Å². The van der Waals surface area contributed by atoms with Crippen LogP contribution < -0.4 is 5.32 Å². The molecule has 0 aliphatic heterocycles. The van der Waals surface area contributed by atoms with Gasteiger partial charge in [0.25, 0.3) is 0 Å². The SMILES string of the molecule is CC(C)(Nc1nccc2c(Br)cccc12)C1CC1. The molecule has 1 heterocycles. The minimum absolute atomic E-state index is 0.129. The third kappa shape index (κ3) is 2.12. The number of aromatic nitrogens is 1. The minimum Gasteiger partial charge on any atom is -0.364 e. The molecule has 94 valence electrons. The highest BCUT2D eigenvalue weighted by Crippen LogP contribution is 2.41. The van der Waals surface area contributed by atoms with Gasteiger partial charge in [0.05, 0.1) is 0 Å². The molecule has 0 amide bonds. The number of nitrogens with zero attached hydrogens (tertiary/aromatic N) is 1. The van der Waals surface area contributed by atoms with Gasteiger partial charge in [-0.15, -0.1) is 0 Å². The van der Waals surface area contributed by atoms with E-state index >= 15 is 0 Å². The van der Waals surface area contributed by atoms with Crippen LogP contribution in [-0.2, 0) is 0 Å². The van der Waals surface area contributed by atoms with Crippen LogP contribution in [0.5, 0.6) is 0 Å². The Kier molecular flexibility index (Phi) is 2.81. The van der Waals surface area contributed by atoms with Gasteiger partial charge in [0.1, 0.15) is 5.82 Å². The molecule has 1 aromatic carbocycles. The zero-order valence-corrected chi connectivity index (χ0v) is 12.3. The highest BCUT2D eigenvalue weighted by atomic mass is 79.9. The zero-order valence-electron chi connectivity index (χ0n) is 10.7. The molecule has 1 aliphatic carbocycles.